The lowest BCUT2D eigenvalue weighted by Crippen LogP contribution is -2.31. The van der Waals surface area contributed by atoms with Gasteiger partial charge in [0.05, 0.1) is 17.4 Å². The highest BCUT2D eigenvalue weighted by molar-refractivity contribution is 5.94. The largest absolute Gasteiger partial charge is 0.340 e. The summed E-state index contributed by atoms with van der Waals surface area (Å²) in [6, 6.07) is 9.62. The smallest absolute Gasteiger partial charge is 0.146 e. The Morgan fingerprint density at radius 3 is 1.83 bits per heavy atom. The molecule has 1 aliphatic rings. The molecule has 70 heavy (non-hydrogen) atoms. The van der Waals surface area contributed by atoms with Crippen LogP contribution in [0, 0.1) is 30.1 Å². The summed E-state index contributed by atoms with van der Waals surface area (Å²) in [5.41, 5.74) is 11.1. The number of fused-ring (bicyclic) bond motifs is 1. The molecule has 4 rings (SSSR count). The van der Waals surface area contributed by atoms with Crippen LogP contribution < -0.4 is 10.6 Å². The molecular weight excluding hydrogens is 857 g/mol. The zero-order chi connectivity index (χ0) is 53.8. The van der Waals surface area contributed by atoms with E-state index in [-0.39, 0.29) is 17.2 Å². The van der Waals surface area contributed by atoms with Gasteiger partial charge < -0.3 is 15.2 Å². The molecule has 6 nitrogen and oxygen atoms in total. The van der Waals surface area contributed by atoms with Crippen LogP contribution in [-0.4, -0.2) is 47.8 Å². The van der Waals surface area contributed by atoms with E-state index in [2.05, 4.69) is 156 Å². The van der Waals surface area contributed by atoms with E-state index in [1.165, 1.54) is 127 Å². The number of aryl methyl sites for hydroxylation is 2. The maximum Gasteiger partial charge on any atom is 0.146 e. The van der Waals surface area contributed by atoms with E-state index in [9.17, 15) is 9.59 Å². The van der Waals surface area contributed by atoms with Crippen molar-refractivity contribution >= 4 is 28.0 Å². The first kappa shape index (κ1) is 69.0. The maximum atomic E-state index is 10.5. The van der Waals surface area contributed by atoms with Crippen molar-refractivity contribution in [3.8, 4) is 11.3 Å². The molecule has 1 saturated carbocycles. The Labute approximate surface area is 435 Å². The Morgan fingerprint density at radius 2 is 1.44 bits per heavy atom. The van der Waals surface area contributed by atoms with Crippen LogP contribution in [0.3, 0.4) is 0 Å². The first-order valence-electron chi connectivity index (χ1n) is 28.8. The highest BCUT2D eigenvalue weighted by Crippen LogP contribution is 2.42. The second-order valence-corrected chi connectivity index (χ2v) is 21.7. The molecular formula is C64H116N4O2. The van der Waals surface area contributed by atoms with Gasteiger partial charge in [0, 0.05) is 35.1 Å². The number of nitrogens with zero attached hydrogens (tertiary/aromatic N) is 2. The summed E-state index contributed by atoms with van der Waals surface area (Å²) in [5.74, 6) is 3.28. The summed E-state index contributed by atoms with van der Waals surface area (Å²) in [6.07, 6.45) is 27.0. The first-order valence-corrected chi connectivity index (χ1v) is 28.8. The average Bonchev–Trinajstić information content (AvgIpc) is 4.14. The van der Waals surface area contributed by atoms with Gasteiger partial charge in [-0.1, -0.05) is 187 Å². The molecule has 0 spiro atoms. The summed E-state index contributed by atoms with van der Waals surface area (Å²) in [6.45, 7) is 43.9. The van der Waals surface area contributed by atoms with Gasteiger partial charge in [0.25, 0.3) is 0 Å². The van der Waals surface area contributed by atoms with Gasteiger partial charge in [-0.3, -0.25) is 14.6 Å². The van der Waals surface area contributed by atoms with Gasteiger partial charge >= 0.3 is 0 Å². The number of carbonyl (C=O) groups excluding carboxylic acids is 2. The number of hydrogen-bond acceptors (Lipinski definition) is 5. The molecule has 1 aromatic carbocycles. The second kappa shape index (κ2) is 40.4. The minimum atomic E-state index is 0.0648. The fourth-order valence-corrected chi connectivity index (χ4v) is 8.32. The Morgan fingerprint density at radius 1 is 0.814 bits per heavy atom. The Kier molecular flexibility index (Phi) is 39.8. The summed E-state index contributed by atoms with van der Waals surface area (Å²) in [4.78, 5) is 25.7. The van der Waals surface area contributed by atoms with Crippen molar-refractivity contribution in [2.45, 2.75) is 266 Å². The zero-order valence-electron chi connectivity index (χ0n) is 50.2. The van der Waals surface area contributed by atoms with Crippen LogP contribution in [0.25, 0.3) is 27.7 Å². The van der Waals surface area contributed by atoms with Crippen LogP contribution in [0.1, 0.15) is 262 Å². The van der Waals surface area contributed by atoms with E-state index in [1.807, 2.05) is 20.2 Å². The number of pyridine rings is 1. The summed E-state index contributed by atoms with van der Waals surface area (Å²) in [7, 11) is 3.80. The number of rotatable bonds is 25. The fourth-order valence-electron chi connectivity index (χ4n) is 8.32. The average molecular weight is 974 g/mol. The molecule has 1 fully saturated rings. The SMILES string of the molecule is CC(=O)C1CC1.CCC(NC)C(C)=O.CCC/C=C(\CC)c1ccc2c(c1)c(CC(C)(C)CC)c(-c1cc(C)cnc1C(C)C)n2CC.CCCC(C)C.CCCCCC(C)CC.CCCCCNC. The quantitative estimate of drug-likeness (QED) is 0.0828. The van der Waals surface area contributed by atoms with Crippen LogP contribution in [0.2, 0.25) is 0 Å². The number of likely N-dealkylation sites (N-methyl/N-ethyl adjacent to an activating group) is 1. The lowest BCUT2D eigenvalue weighted by Gasteiger charge is -2.24. The van der Waals surface area contributed by atoms with Crippen LogP contribution >= 0.6 is 0 Å². The lowest BCUT2D eigenvalue weighted by molar-refractivity contribution is -0.119. The Balaban J connectivity index is 0. The van der Waals surface area contributed by atoms with Crippen LogP contribution in [0.4, 0.5) is 0 Å². The zero-order valence-corrected chi connectivity index (χ0v) is 50.2. The number of unbranched alkanes of at least 4 members (excludes halogenated alkanes) is 5. The van der Waals surface area contributed by atoms with E-state index in [0.29, 0.717) is 17.6 Å². The monoisotopic (exact) mass is 973 g/mol. The summed E-state index contributed by atoms with van der Waals surface area (Å²) >= 11 is 0. The van der Waals surface area contributed by atoms with Crippen molar-refractivity contribution in [3.05, 3.63) is 58.9 Å². The molecule has 2 aromatic heterocycles. The molecule has 0 saturated heterocycles. The molecule has 3 aromatic rings. The lowest BCUT2D eigenvalue weighted by atomic mass is 9.81. The third-order valence-corrected chi connectivity index (χ3v) is 13.7. The molecule has 0 radical (unpaired) electrons. The first-order chi connectivity index (χ1) is 33.2. The molecule has 0 amide bonds. The summed E-state index contributed by atoms with van der Waals surface area (Å²) < 4.78 is 2.55. The van der Waals surface area contributed by atoms with Crippen molar-refractivity contribution in [1.29, 1.82) is 0 Å². The molecule has 0 bridgehead atoms. The minimum Gasteiger partial charge on any atom is -0.340 e. The normalized spacial score (nSPS) is 13.1. The van der Waals surface area contributed by atoms with Crippen molar-refractivity contribution in [2.24, 2.45) is 23.2 Å². The van der Waals surface area contributed by atoms with Crippen molar-refractivity contribution in [2.75, 3.05) is 20.6 Å². The third kappa shape index (κ3) is 28.8. The molecule has 2 heterocycles. The van der Waals surface area contributed by atoms with E-state index >= 15 is 0 Å². The predicted octanol–water partition coefficient (Wildman–Crippen LogP) is 18.7. The van der Waals surface area contributed by atoms with Crippen molar-refractivity contribution < 1.29 is 9.59 Å². The predicted molar refractivity (Wildman–Crippen MR) is 315 cm³/mol. The molecule has 2 atom stereocenters. The Hall–Kier alpha value is -3.09. The number of aromatic nitrogens is 2. The van der Waals surface area contributed by atoms with Gasteiger partial charge in [0.2, 0.25) is 0 Å². The van der Waals surface area contributed by atoms with Gasteiger partial charge in [-0.05, 0) is 157 Å². The van der Waals surface area contributed by atoms with Crippen molar-refractivity contribution in [1.82, 2.24) is 20.2 Å². The maximum absolute atomic E-state index is 10.5. The molecule has 0 aliphatic heterocycles. The van der Waals surface area contributed by atoms with Crippen LogP contribution in [0.15, 0.2) is 36.5 Å². The number of nitrogens with one attached hydrogen (secondary N) is 2. The highest BCUT2D eigenvalue weighted by atomic mass is 16.1. The van der Waals surface area contributed by atoms with Crippen LogP contribution in [0.5, 0.6) is 0 Å². The molecule has 6 heteroatoms. The topological polar surface area (TPSA) is 76.0 Å². The van der Waals surface area contributed by atoms with Crippen LogP contribution in [-0.2, 0) is 22.6 Å². The van der Waals surface area contributed by atoms with Crippen molar-refractivity contribution in [3.63, 3.8) is 0 Å². The number of ketones is 2. The fraction of sp³-hybridized carbons (Fsp3) is 0.734. The van der Waals surface area contributed by atoms with Gasteiger partial charge in [-0.2, -0.15) is 0 Å². The van der Waals surface area contributed by atoms with E-state index in [1.54, 1.807) is 20.9 Å². The second-order valence-electron chi connectivity index (χ2n) is 21.7. The van der Waals surface area contributed by atoms with E-state index in [4.69, 9.17) is 4.98 Å². The number of carbonyl (C=O) groups is 2. The standard InChI is InChI=1S/C32H46N2.C9H20.C6H13NO.C6H15N.C6H14.C5H8O/c1-10-14-15-24(11-2)25-16-17-29-26(19-25)28(20-32(8,9)12-3)31(34(29)13-4)27-18-23(7)21-33-30(27)22(5)6;1-4-6-7-8-9(3)5-2;1-4-6(7-3)5(2)8;1-3-4-5-6-7-2;1-4-5-6(2)3;1-4(6)5-2-3-5/h15-19,21-22H,10-14,20H2,1-9H3;9H,4-8H2,1-3H3;6-7H,4H2,1-3H3;7H,3-6H2,1-2H3;6H,4-5H2,1-3H3;5H,2-3H2,1H3/b24-15+;;;;;. The number of allylic oxidation sites excluding steroid dienone is 2. The molecule has 404 valence electrons. The van der Waals surface area contributed by atoms with Gasteiger partial charge in [0.1, 0.15) is 11.6 Å². The van der Waals surface area contributed by atoms with Gasteiger partial charge in [0.15, 0.2) is 0 Å². The van der Waals surface area contributed by atoms with E-state index < -0.39 is 0 Å². The molecule has 2 N–H and O–H groups in total. The molecule has 1 aliphatic carbocycles. The van der Waals surface area contributed by atoms with Gasteiger partial charge in [-0.25, -0.2) is 0 Å². The summed E-state index contributed by atoms with van der Waals surface area (Å²) in [5, 5.41) is 7.42. The van der Waals surface area contributed by atoms with E-state index in [0.717, 1.165) is 63.3 Å². The van der Waals surface area contributed by atoms with Gasteiger partial charge in [-0.15, -0.1) is 0 Å². The number of benzene rings is 1. The number of Topliss-reactive ketones (excluding diaryl/α,β-unsaturated/α-hetero) is 2. The Bertz CT molecular complexity index is 1820. The molecule has 2 unspecified atom stereocenters. The minimum absolute atomic E-state index is 0.0648. The third-order valence-electron chi connectivity index (χ3n) is 13.7. The highest BCUT2D eigenvalue weighted by Gasteiger charge is 2.27. The number of hydrogen-bond donors (Lipinski definition) is 2.